The van der Waals surface area contributed by atoms with Gasteiger partial charge in [0.05, 0.1) is 6.26 Å². The van der Waals surface area contributed by atoms with Gasteiger partial charge in [-0.05, 0) is 26.3 Å². The largest absolute Gasteiger partial charge is 0.468 e. The minimum atomic E-state index is 0.579. The Morgan fingerprint density at radius 1 is 1.44 bits per heavy atom. The Morgan fingerprint density at radius 3 is 2.75 bits per heavy atom. The predicted octanol–water partition coefficient (Wildman–Crippen LogP) is 3.85. The zero-order valence-electron chi connectivity index (χ0n) is 10.7. The Morgan fingerprint density at radius 2 is 2.19 bits per heavy atom. The third-order valence-corrected chi connectivity index (χ3v) is 3.86. The van der Waals surface area contributed by atoms with E-state index in [1.807, 2.05) is 24.8 Å². The van der Waals surface area contributed by atoms with E-state index in [2.05, 4.69) is 26.1 Å². The van der Waals surface area contributed by atoms with Gasteiger partial charge in [-0.15, -0.1) is 11.8 Å². The molecular weight excluding hydrogens is 218 g/mol. The summed E-state index contributed by atoms with van der Waals surface area (Å²) in [5.74, 6) is 1.03. The molecule has 0 saturated carbocycles. The molecule has 16 heavy (non-hydrogen) atoms. The summed E-state index contributed by atoms with van der Waals surface area (Å²) < 4.78 is 5.29. The Labute approximate surface area is 103 Å². The number of thioether (sulfide) groups is 1. The van der Waals surface area contributed by atoms with E-state index in [1.54, 1.807) is 6.26 Å². The van der Waals surface area contributed by atoms with Crippen molar-refractivity contribution in [1.29, 1.82) is 0 Å². The van der Waals surface area contributed by atoms with Crippen LogP contribution >= 0.6 is 11.8 Å². The van der Waals surface area contributed by atoms with E-state index >= 15 is 0 Å². The number of furan rings is 1. The molecular formula is C13H23NOS. The molecule has 0 bridgehead atoms. The maximum atomic E-state index is 5.29. The van der Waals surface area contributed by atoms with Crippen LogP contribution in [0.3, 0.4) is 0 Å². The van der Waals surface area contributed by atoms with E-state index in [1.165, 1.54) is 17.7 Å². The SMILES string of the molecule is CCCC(C)NCC(C)Sc1ccoc1C. The maximum absolute atomic E-state index is 5.29. The van der Waals surface area contributed by atoms with E-state index in [4.69, 9.17) is 4.42 Å². The lowest BCUT2D eigenvalue weighted by molar-refractivity contribution is 0.511. The molecule has 1 rings (SSSR count). The first kappa shape index (κ1) is 13.7. The highest BCUT2D eigenvalue weighted by atomic mass is 32.2. The standard InChI is InChI=1S/C13H23NOS/c1-5-6-10(2)14-9-11(3)16-13-7-8-15-12(13)4/h7-8,10-11,14H,5-6,9H2,1-4H3. The normalized spacial score (nSPS) is 15.0. The van der Waals surface area contributed by atoms with Crippen LogP contribution in [0.25, 0.3) is 0 Å². The number of hydrogen-bond donors (Lipinski definition) is 1. The summed E-state index contributed by atoms with van der Waals surface area (Å²) in [7, 11) is 0. The summed E-state index contributed by atoms with van der Waals surface area (Å²) in [6.07, 6.45) is 4.26. The van der Waals surface area contributed by atoms with Crippen molar-refractivity contribution < 1.29 is 4.42 Å². The average molecular weight is 241 g/mol. The van der Waals surface area contributed by atoms with Gasteiger partial charge in [-0.3, -0.25) is 0 Å². The zero-order valence-corrected chi connectivity index (χ0v) is 11.6. The van der Waals surface area contributed by atoms with Crippen molar-refractivity contribution >= 4 is 11.8 Å². The fraction of sp³-hybridized carbons (Fsp3) is 0.692. The van der Waals surface area contributed by atoms with Crippen LogP contribution in [-0.2, 0) is 0 Å². The lowest BCUT2D eigenvalue weighted by Gasteiger charge is -2.16. The van der Waals surface area contributed by atoms with Gasteiger partial charge >= 0.3 is 0 Å². The molecule has 2 nitrogen and oxygen atoms in total. The summed E-state index contributed by atoms with van der Waals surface area (Å²) in [6, 6.07) is 2.67. The summed E-state index contributed by atoms with van der Waals surface area (Å²) in [4.78, 5) is 1.26. The Hall–Kier alpha value is -0.410. The second-order valence-electron chi connectivity index (χ2n) is 4.37. The van der Waals surface area contributed by atoms with Crippen molar-refractivity contribution in [3.63, 3.8) is 0 Å². The average Bonchev–Trinajstić information content (AvgIpc) is 2.62. The number of nitrogens with one attached hydrogen (secondary N) is 1. The van der Waals surface area contributed by atoms with Gasteiger partial charge in [0.1, 0.15) is 5.76 Å². The van der Waals surface area contributed by atoms with E-state index in [0.29, 0.717) is 11.3 Å². The van der Waals surface area contributed by atoms with Crippen molar-refractivity contribution in [1.82, 2.24) is 5.32 Å². The molecule has 0 aliphatic rings. The summed E-state index contributed by atoms with van der Waals surface area (Å²) in [5.41, 5.74) is 0. The quantitative estimate of drug-likeness (QED) is 0.734. The van der Waals surface area contributed by atoms with Gasteiger partial charge in [0.25, 0.3) is 0 Å². The lowest BCUT2D eigenvalue weighted by atomic mass is 10.2. The topological polar surface area (TPSA) is 25.2 Å². The lowest BCUT2D eigenvalue weighted by Crippen LogP contribution is -2.31. The van der Waals surface area contributed by atoms with Crippen molar-refractivity contribution in [2.75, 3.05) is 6.54 Å². The molecule has 1 aromatic rings. The van der Waals surface area contributed by atoms with Crippen LogP contribution in [0.15, 0.2) is 21.6 Å². The fourth-order valence-corrected chi connectivity index (χ4v) is 2.62. The predicted molar refractivity (Wildman–Crippen MR) is 71.1 cm³/mol. The molecule has 0 radical (unpaired) electrons. The molecule has 92 valence electrons. The van der Waals surface area contributed by atoms with Crippen LogP contribution in [0.2, 0.25) is 0 Å². The number of rotatable bonds is 7. The van der Waals surface area contributed by atoms with Gasteiger partial charge in [-0.25, -0.2) is 0 Å². The van der Waals surface area contributed by atoms with E-state index in [9.17, 15) is 0 Å². The smallest absolute Gasteiger partial charge is 0.114 e. The third kappa shape index (κ3) is 4.62. The molecule has 0 amide bonds. The van der Waals surface area contributed by atoms with Gasteiger partial charge in [-0.1, -0.05) is 20.3 Å². The van der Waals surface area contributed by atoms with Crippen LogP contribution in [0.4, 0.5) is 0 Å². The van der Waals surface area contributed by atoms with Gasteiger partial charge < -0.3 is 9.73 Å². The molecule has 0 aliphatic heterocycles. The molecule has 2 unspecified atom stereocenters. The molecule has 3 heteroatoms. The molecule has 1 N–H and O–H groups in total. The van der Waals surface area contributed by atoms with Crippen molar-refractivity contribution in [2.45, 2.75) is 56.7 Å². The molecule has 0 aliphatic carbocycles. The third-order valence-electron chi connectivity index (χ3n) is 2.61. The Balaban J connectivity index is 2.26. The van der Waals surface area contributed by atoms with Gasteiger partial charge in [0, 0.05) is 22.7 Å². The highest BCUT2D eigenvalue weighted by Gasteiger charge is 2.09. The molecule has 1 aromatic heterocycles. The second-order valence-corrected chi connectivity index (χ2v) is 5.85. The minimum absolute atomic E-state index is 0.579. The van der Waals surface area contributed by atoms with Crippen LogP contribution in [0, 0.1) is 6.92 Å². The van der Waals surface area contributed by atoms with Gasteiger partial charge in [0.15, 0.2) is 0 Å². The van der Waals surface area contributed by atoms with Crippen LogP contribution < -0.4 is 5.32 Å². The maximum Gasteiger partial charge on any atom is 0.114 e. The molecule has 0 spiro atoms. The molecule has 0 fully saturated rings. The second kappa shape index (κ2) is 7.02. The number of aryl methyl sites for hydroxylation is 1. The van der Waals surface area contributed by atoms with Crippen LogP contribution in [0.5, 0.6) is 0 Å². The first-order valence-corrected chi connectivity index (χ1v) is 6.95. The molecule has 2 atom stereocenters. The highest BCUT2D eigenvalue weighted by Crippen LogP contribution is 2.26. The Bertz CT molecular complexity index is 298. The summed E-state index contributed by atoms with van der Waals surface area (Å²) >= 11 is 1.88. The summed E-state index contributed by atoms with van der Waals surface area (Å²) in [6.45, 7) is 9.80. The summed E-state index contributed by atoms with van der Waals surface area (Å²) in [5, 5.41) is 4.14. The zero-order chi connectivity index (χ0) is 12.0. The molecule has 1 heterocycles. The minimum Gasteiger partial charge on any atom is -0.468 e. The fourth-order valence-electron chi connectivity index (χ4n) is 1.66. The van der Waals surface area contributed by atoms with Crippen LogP contribution in [0.1, 0.15) is 39.4 Å². The Kier molecular flexibility index (Phi) is 5.99. The van der Waals surface area contributed by atoms with Gasteiger partial charge in [-0.2, -0.15) is 0 Å². The first-order valence-electron chi connectivity index (χ1n) is 6.07. The first-order chi connectivity index (χ1) is 7.63. The van der Waals surface area contributed by atoms with Crippen LogP contribution in [-0.4, -0.2) is 17.8 Å². The van der Waals surface area contributed by atoms with E-state index in [-0.39, 0.29) is 0 Å². The van der Waals surface area contributed by atoms with Crippen molar-refractivity contribution in [2.24, 2.45) is 0 Å². The molecule has 0 aromatic carbocycles. The van der Waals surface area contributed by atoms with E-state index in [0.717, 1.165) is 12.3 Å². The molecule has 0 saturated heterocycles. The van der Waals surface area contributed by atoms with Gasteiger partial charge in [0.2, 0.25) is 0 Å². The number of hydrogen-bond acceptors (Lipinski definition) is 3. The van der Waals surface area contributed by atoms with Crippen molar-refractivity contribution in [3.8, 4) is 0 Å². The van der Waals surface area contributed by atoms with Crippen molar-refractivity contribution in [3.05, 3.63) is 18.1 Å². The highest BCUT2D eigenvalue weighted by molar-refractivity contribution is 8.00. The van der Waals surface area contributed by atoms with E-state index < -0.39 is 0 Å². The monoisotopic (exact) mass is 241 g/mol.